The Labute approximate surface area is 42.2 Å². The van der Waals surface area contributed by atoms with Crippen LogP contribution < -0.4 is 0 Å². The van der Waals surface area contributed by atoms with Gasteiger partial charge >= 0.3 is 0 Å². The smallest absolute Gasteiger partial charge is 0.0704 e. The highest BCUT2D eigenvalue weighted by molar-refractivity contribution is 6.25. The van der Waals surface area contributed by atoms with Gasteiger partial charge in [-0.1, -0.05) is 11.6 Å². The van der Waals surface area contributed by atoms with E-state index in [4.69, 9.17) is 16.7 Å². The van der Waals surface area contributed by atoms with Gasteiger partial charge in [-0.25, -0.2) is 0 Å². The first kappa shape index (κ1) is 5.99. The molecule has 0 rings (SSSR count). The molecule has 0 bridgehead atoms. The minimum absolute atomic E-state index is 0.414. The van der Waals surface area contributed by atoms with Crippen LogP contribution in [0.5, 0.6) is 0 Å². The molecule has 0 aliphatic heterocycles. The van der Waals surface area contributed by atoms with E-state index in [9.17, 15) is 0 Å². The second-order valence-corrected chi connectivity index (χ2v) is 1.31. The highest BCUT2D eigenvalue weighted by Gasteiger charge is 1.78. The third-order valence-electron chi connectivity index (χ3n) is 0.351. The van der Waals surface area contributed by atoms with Crippen molar-refractivity contribution < 1.29 is 5.11 Å². The van der Waals surface area contributed by atoms with Crippen molar-refractivity contribution in [3.05, 3.63) is 11.6 Å². The first-order valence-electron chi connectivity index (χ1n) is 1.72. The van der Waals surface area contributed by atoms with Crippen molar-refractivity contribution in [3.8, 4) is 0 Å². The summed E-state index contributed by atoms with van der Waals surface area (Å²) < 4.78 is 0. The molecule has 6 heavy (non-hydrogen) atoms. The lowest BCUT2D eigenvalue weighted by Gasteiger charge is -1.86. The monoisotopic (exact) mass is 106 g/mol. The molecular formula is C4H7ClO. The molecule has 1 atom stereocenters. The molecule has 1 nitrogen and oxygen atoms in total. The van der Waals surface area contributed by atoms with E-state index in [1.165, 1.54) is 11.6 Å². The summed E-state index contributed by atoms with van der Waals surface area (Å²) in [7, 11) is 0. The Kier molecular flexibility index (Phi) is 3.19. The van der Waals surface area contributed by atoms with Crippen LogP contribution >= 0.6 is 11.6 Å². The number of hydrogen-bond acceptors (Lipinski definition) is 1. The van der Waals surface area contributed by atoms with Crippen LogP contribution in [0.1, 0.15) is 6.92 Å². The minimum atomic E-state index is -0.414. The van der Waals surface area contributed by atoms with E-state index in [1.54, 1.807) is 6.92 Å². The Morgan fingerprint density at radius 3 is 2.33 bits per heavy atom. The number of aliphatic hydroxyl groups excluding tert-OH is 1. The summed E-state index contributed by atoms with van der Waals surface area (Å²) in [6.07, 6.45) is 1.07. The highest BCUT2D eigenvalue weighted by atomic mass is 35.5. The predicted octanol–water partition coefficient (Wildman–Crippen LogP) is 1.12. The quantitative estimate of drug-likeness (QED) is 0.531. The van der Waals surface area contributed by atoms with Crippen LogP contribution in [0, 0.1) is 0 Å². The summed E-state index contributed by atoms with van der Waals surface area (Å²) >= 11 is 5.06. The predicted molar refractivity (Wildman–Crippen MR) is 26.7 cm³/mol. The van der Waals surface area contributed by atoms with Crippen molar-refractivity contribution in [1.29, 1.82) is 0 Å². The van der Waals surface area contributed by atoms with Crippen molar-refractivity contribution >= 4 is 11.6 Å². The van der Waals surface area contributed by atoms with Gasteiger partial charge in [0.2, 0.25) is 0 Å². The second kappa shape index (κ2) is 3.19. The summed E-state index contributed by atoms with van der Waals surface area (Å²) in [6, 6.07) is 0. The molecule has 0 saturated heterocycles. The lowest BCUT2D eigenvalue weighted by molar-refractivity contribution is 0.244. The Morgan fingerprint density at radius 1 is 1.83 bits per heavy atom. The number of halogens is 1. The zero-order valence-corrected chi connectivity index (χ0v) is 4.31. The molecule has 0 aromatic rings. The van der Waals surface area contributed by atoms with E-state index in [-0.39, 0.29) is 0 Å². The summed E-state index contributed by atoms with van der Waals surface area (Å²) in [5.41, 5.74) is 1.30. The molecule has 0 saturated carbocycles. The average molecular weight is 107 g/mol. The van der Waals surface area contributed by atoms with Crippen molar-refractivity contribution in [3.63, 3.8) is 0 Å². The standard InChI is InChI=1S/C4H7ClO/c1-4(6)2-3-5/h2-4,6H,1H3. The fourth-order valence-corrected chi connectivity index (χ4v) is 0.316. The molecular weight excluding hydrogens is 99.5 g/mol. The topological polar surface area (TPSA) is 20.2 Å². The third-order valence-corrected chi connectivity index (χ3v) is 0.497. The summed E-state index contributed by atoms with van der Waals surface area (Å²) in [6.45, 7) is 1.64. The van der Waals surface area contributed by atoms with Crippen molar-refractivity contribution in [1.82, 2.24) is 0 Å². The van der Waals surface area contributed by atoms with Crippen LogP contribution in [0.3, 0.4) is 0 Å². The fraction of sp³-hybridized carbons (Fsp3) is 0.500. The van der Waals surface area contributed by atoms with Crippen molar-refractivity contribution in [2.45, 2.75) is 13.0 Å². The normalized spacial score (nSPS) is 15.8. The van der Waals surface area contributed by atoms with Crippen LogP contribution in [0.4, 0.5) is 0 Å². The van der Waals surface area contributed by atoms with Crippen LogP contribution in [0.2, 0.25) is 0 Å². The molecule has 0 aliphatic rings. The maximum absolute atomic E-state index is 8.38. The Hall–Kier alpha value is -0.0100. The highest BCUT2D eigenvalue weighted by Crippen LogP contribution is 1.83. The van der Waals surface area contributed by atoms with Gasteiger partial charge in [-0.3, -0.25) is 0 Å². The first-order valence-corrected chi connectivity index (χ1v) is 2.16. The summed E-state index contributed by atoms with van der Waals surface area (Å²) in [5.74, 6) is 0. The molecule has 0 aromatic heterocycles. The Bertz CT molecular complexity index is 49.5. The van der Waals surface area contributed by atoms with E-state index in [0.29, 0.717) is 0 Å². The molecule has 0 aliphatic carbocycles. The minimum Gasteiger partial charge on any atom is -0.389 e. The maximum atomic E-state index is 8.38. The van der Waals surface area contributed by atoms with E-state index >= 15 is 0 Å². The van der Waals surface area contributed by atoms with Gasteiger partial charge in [0.15, 0.2) is 0 Å². The van der Waals surface area contributed by atoms with E-state index in [1.807, 2.05) is 0 Å². The average Bonchev–Trinajstić information content (AvgIpc) is 1.35. The molecule has 0 aromatic carbocycles. The van der Waals surface area contributed by atoms with Gasteiger partial charge in [0.05, 0.1) is 6.10 Å². The fourth-order valence-electron chi connectivity index (χ4n) is 0.105. The first-order chi connectivity index (χ1) is 2.77. The van der Waals surface area contributed by atoms with Gasteiger partial charge in [-0.15, -0.1) is 0 Å². The molecule has 0 fully saturated rings. The molecule has 36 valence electrons. The van der Waals surface area contributed by atoms with Crippen molar-refractivity contribution in [2.75, 3.05) is 0 Å². The molecule has 1 N–H and O–H groups in total. The molecule has 0 radical (unpaired) electrons. The van der Waals surface area contributed by atoms with E-state index in [0.717, 1.165) is 0 Å². The lowest BCUT2D eigenvalue weighted by Crippen LogP contribution is -1.89. The molecule has 0 heterocycles. The van der Waals surface area contributed by atoms with Gasteiger partial charge < -0.3 is 5.11 Å². The van der Waals surface area contributed by atoms with Crippen LogP contribution in [-0.4, -0.2) is 11.2 Å². The largest absolute Gasteiger partial charge is 0.389 e. The van der Waals surface area contributed by atoms with Gasteiger partial charge in [0, 0.05) is 5.54 Å². The van der Waals surface area contributed by atoms with Crippen LogP contribution in [0.15, 0.2) is 11.6 Å². The van der Waals surface area contributed by atoms with Gasteiger partial charge in [0.1, 0.15) is 0 Å². The van der Waals surface area contributed by atoms with Crippen molar-refractivity contribution in [2.24, 2.45) is 0 Å². The Balaban J connectivity index is 3.03. The van der Waals surface area contributed by atoms with Gasteiger partial charge in [-0.05, 0) is 13.0 Å². The number of aliphatic hydroxyl groups is 1. The maximum Gasteiger partial charge on any atom is 0.0704 e. The molecule has 0 spiro atoms. The van der Waals surface area contributed by atoms with Crippen LogP contribution in [-0.2, 0) is 0 Å². The third kappa shape index (κ3) is 3.99. The zero-order chi connectivity index (χ0) is 4.99. The molecule has 0 amide bonds. The van der Waals surface area contributed by atoms with Gasteiger partial charge in [0.25, 0.3) is 0 Å². The van der Waals surface area contributed by atoms with E-state index < -0.39 is 6.10 Å². The number of hydrogen-bond donors (Lipinski definition) is 1. The Morgan fingerprint density at radius 2 is 2.33 bits per heavy atom. The van der Waals surface area contributed by atoms with Gasteiger partial charge in [-0.2, -0.15) is 0 Å². The lowest BCUT2D eigenvalue weighted by atomic mass is 10.4. The van der Waals surface area contributed by atoms with Crippen LogP contribution in [0.25, 0.3) is 0 Å². The molecule has 1 unspecified atom stereocenters. The van der Waals surface area contributed by atoms with E-state index in [2.05, 4.69) is 0 Å². The SMILES string of the molecule is CC(O)C=CCl. The zero-order valence-electron chi connectivity index (χ0n) is 3.56. The summed E-state index contributed by atoms with van der Waals surface area (Å²) in [5, 5.41) is 8.38. The number of rotatable bonds is 1. The second-order valence-electron chi connectivity index (χ2n) is 1.06. The molecule has 2 heteroatoms. The summed E-state index contributed by atoms with van der Waals surface area (Å²) in [4.78, 5) is 0.